The lowest BCUT2D eigenvalue weighted by molar-refractivity contribution is 0.00859. The van der Waals surface area contributed by atoms with Gasteiger partial charge in [0.1, 0.15) is 4.90 Å². The standard InChI is InChI=1S/C13H21N3O3S/c1-16(10-11-6-4-5-9-19-11)20(17,18)13-8-3-2-7-12(13)15-14/h2-3,7-8,11,15H,4-6,9-10,14H2,1H3. The monoisotopic (exact) mass is 299 g/mol. The summed E-state index contributed by atoms with van der Waals surface area (Å²) in [5.41, 5.74) is 2.82. The number of ether oxygens (including phenoxy) is 1. The summed E-state index contributed by atoms with van der Waals surface area (Å²) in [4.78, 5) is 0.181. The molecule has 1 heterocycles. The molecule has 112 valence electrons. The van der Waals surface area contributed by atoms with Crippen molar-refractivity contribution in [1.29, 1.82) is 0 Å². The van der Waals surface area contributed by atoms with Crippen molar-refractivity contribution in [1.82, 2.24) is 4.31 Å². The fraction of sp³-hybridized carbons (Fsp3) is 0.538. The number of sulfonamides is 1. The molecule has 0 aromatic heterocycles. The van der Waals surface area contributed by atoms with E-state index in [1.54, 1.807) is 31.3 Å². The molecule has 6 nitrogen and oxygen atoms in total. The highest BCUT2D eigenvalue weighted by Crippen LogP contribution is 2.24. The number of hydrogen-bond acceptors (Lipinski definition) is 5. The lowest BCUT2D eigenvalue weighted by Crippen LogP contribution is -2.37. The number of benzene rings is 1. The first kappa shape index (κ1) is 15.2. The average molecular weight is 299 g/mol. The van der Waals surface area contributed by atoms with Crippen LogP contribution in [0.5, 0.6) is 0 Å². The minimum atomic E-state index is -3.57. The molecule has 1 fully saturated rings. The molecule has 0 bridgehead atoms. The van der Waals surface area contributed by atoms with Gasteiger partial charge in [-0.3, -0.25) is 5.84 Å². The fourth-order valence-electron chi connectivity index (χ4n) is 2.32. The molecule has 1 unspecified atom stereocenters. The van der Waals surface area contributed by atoms with E-state index in [1.165, 1.54) is 4.31 Å². The highest BCUT2D eigenvalue weighted by atomic mass is 32.2. The SMILES string of the molecule is CN(CC1CCCCO1)S(=O)(=O)c1ccccc1NN. The van der Waals surface area contributed by atoms with E-state index in [0.717, 1.165) is 19.3 Å². The Hall–Kier alpha value is -1.15. The van der Waals surface area contributed by atoms with Crippen LogP contribution in [0, 0.1) is 0 Å². The van der Waals surface area contributed by atoms with E-state index in [2.05, 4.69) is 5.43 Å². The zero-order chi connectivity index (χ0) is 14.6. The molecule has 0 amide bonds. The number of nitrogens with zero attached hydrogens (tertiary/aromatic N) is 1. The van der Waals surface area contributed by atoms with Crippen LogP contribution in [0.2, 0.25) is 0 Å². The molecule has 1 saturated heterocycles. The molecule has 2 rings (SSSR count). The fourth-order valence-corrected chi connectivity index (χ4v) is 3.67. The molecule has 1 aliphatic rings. The summed E-state index contributed by atoms with van der Waals surface area (Å²) in [5, 5.41) is 0. The van der Waals surface area contributed by atoms with E-state index in [-0.39, 0.29) is 11.0 Å². The molecule has 1 aliphatic heterocycles. The Labute approximate surface area is 119 Å². The lowest BCUT2D eigenvalue weighted by Gasteiger charge is -2.27. The van der Waals surface area contributed by atoms with Gasteiger partial charge in [-0.15, -0.1) is 0 Å². The molecule has 1 atom stereocenters. The average Bonchev–Trinajstić information content (AvgIpc) is 2.48. The highest BCUT2D eigenvalue weighted by molar-refractivity contribution is 7.89. The second-order valence-corrected chi connectivity index (χ2v) is 6.93. The van der Waals surface area contributed by atoms with E-state index in [1.807, 2.05) is 0 Å². The van der Waals surface area contributed by atoms with Crippen molar-refractivity contribution in [2.24, 2.45) is 5.84 Å². The summed E-state index contributed by atoms with van der Waals surface area (Å²) in [7, 11) is -2.00. The summed E-state index contributed by atoms with van der Waals surface area (Å²) >= 11 is 0. The molecule has 1 aromatic rings. The van der Waals surface area contributed by atoms with Crippen molar-refractivity contribution in [2.75, 3.05) is 25.6 Å². The zero-order valence-corrected chi connectivity index (χ0v) is 12.4. The topological polar surface area (TPSA) is 84.7 Å². The molecular formula is C13H21N3O3S. The van der Waals surface area contributed by atoms with Gasteiger partial charge in [0.15, 0.2) is 0 Å². The number of hydrogen-bond donors (Lipinski definition) is 2. The minimum Gasteiger partial charge on any atom is -0.377 e. The number of anilines is 1. The summed E-state index contributed by atoms with van der Waals surface area (Å²) in [5.74, 6) is 5.37. The number of nitrogen functional groups attached to an aromatic ring is 1. The predicted molar refractivity (Wildman–Crippen MR) is 77.7 cm³/mol. The van der Waals surface area contributed by atoms with Crippen LogP contribution < -0.4 is 11.3 Å². The number of para-hydroxylation sites is 1. The Morgan fingerprint density at radius 3 is 2.80 bits per heavy atom. The second-order valence-electron chi connectivity index (χ2n) is 4.91. The summed E-state index contributed by atoms with van der Waals surface area (Å²) in [6.07, 6.45) is 3.00. The van der Waals surface area contributed by atoms with E-state index in [9.17, 15) is 8.42 Å². The Morgan fingerprint density at radius 2 is 2.15 bits per heavy atom. The molecule has 0 saturated carbocycles. The lowest BCUT2D eigenvalue weighted by atomic mass is 10.1. The smallest absolute Gasteiger partial charge is 0.245 e. The van der Waals surface area contributed by atoms with Crippen LogP contribution in [0.25, 0.3) is 0 Å². The Morgan fingerprint density at radius 1 is 1.40 bits per heavy atom. The van der Waals surface area contributed by atoms with Crippen molar-refractivity contribution >= 4 is 15.7 Å². The van der Waals surface area contributed by atoms with Gasteiger partial charge in [0.05, 0.1) is 11.8 Å². The predicted octanol–water partition coefficient (Wildman–Crippen LogP) is 1.16. The van der Waals surface area contributed by atoms with Gasteiger partial charge in [-0.05, 0) is 31.4 Å². The first-order valence-electron chi connectivity index (χ1n) is 6.69. The van der Waals surface area contributed by atoms with Crippen LogP contribution in [0.3, 0.4) is 0 Å². The maximum Gasteiger partial charge on any atom is 0.245 e. The van der Waals surface area contributed by atoms with Gasteiger partial charge in [-0.25, -0.2) is 8.42 Å². The molecule has 0 radical (unpaired) electrons. The van der Waals surface area contributed by atoms with Gasteiger partial charge >= 0.3 is 0 Å². The number of nitrogens with one attached hydrogen (secondary N) is 1. The van der Waals surface area contributed by atoms with Gasteiger partial charge in [0.2, 0.25) is 10.0 Å². The van der Waals surface area contributed by atoms with E-state index < -0.39 is 10.0 Å². The molecule has 20 heavy (non-hydrogen) atoms. The Bertz CT molecular complexity index is 542. The molecule has 0 aliphatic carbocycles. The van der Waals surface area contributed by atoms with E-state index in [0.29, 0.717) is 18.8 Å². The molecule has 3 N–H and O–H groups in total. The number of rotatable bonds is 5. The Kier molecular flexibility index (Phi) is 4.98. The van der Waals surface area contributed by atoms with Crippen LogP contribution in [0.4, 0.5) is 5.69 Å². The van der Waals surface area contributed by atoms with Gasteiger partial charge in [-0.1, -0.05) is 12.1 Å². The van der Waals surface area contributed by atoms with Gasteiger partial charge in [0, 0.05) is 20.2 Å². The van der Waals surface area contributed by atoms with Crippen molar-refractivity contribution < 1.29 is 13.2 Å². The molecular weight excluding hydrogens is 278 g/mol. The van der Waals surface area contributed by atoms with Crippen LogP contribution in [-0.4, -0.2) is 39.0 Å². The van der Waals surface area contributed by atoms with Crippen LogP contribution >= 0.6 is 0 Å². The zero-order valence-electron chi connectivity index (χ0n) is 11.6. The molecule has 7 heteroatoms. The van der Waals surface area contributed by atoms with Crippen molar-refractivity contribution in [3.05, 3.63) is 24.3 Å². The van der Waals surface area contributed by atoms with E-state index >= 15 is 0 Å². The summed E-state index contributed by atoms with van der Waals surface area (Å²) < 4.78 is 32.0. The van der Waals surface area contributed by atoms with Crippen molar-refractivity contribution in [2.45, 2.75) is 30.3 Å². The van der Waals surface area contributed by atoms with E-state index in [4.69, 9.17) is 10.6 Å². The maximum absolute atomic E-state index is 12.6. The van der Waals surface area contributed by atoms with Crippen molar-refractivity contribution in [3.63, 3.8) is 0 Å². The molecule has 0 spiro atoms. The normalized spacial score (nSPS) is 20.1. The van der Waals surface area contributed by atoms with Crippen molar-refractivity contribution in [3.8, 4) is 0 Å². The van der Waals surface area contributed by atoms with Gasteiger partial charge in [-0.2, -0.15) is 4.31 Å². The molecule has 1 aromatic carbocycles. The van der Waals surface area contributed by atoms with Gasteiger partial charge in [0.25, 0.3) is 0 Å². The third-order valence-corrected chi connectivity index (χ3v) is 5.35. The van der Waals surface area contributed by atoms with Gasteiger partial charge < -0.3 is 10.2 Å². The number of nitrogens with two attached hydrogens (primary N) is 1. The van der Waals surface area contributed by atoms with Crippen LogP contribution in [0.15, 0.2) is 29.2 Å². The quantitative estimate of drug-likeness (QED) is 0.629. The summed E-state index contributed by atoms with van der Waals surface area (Å²) in [6, 6.07) is 6.59. The van der Waals surface area contributed by atoms with Crippen LogP contribution in [0.1, 0.15) is 19.3 Å². The first-order valence-corrected chi connectivity index (χ1v) is 8.13. The maximum atomic E-state index is 12.6. The summed E-state index contributed by atoms with van der Waals surface area (Å²) in [6.45, 7) is 1.07. The third kappa shape index (κ3) is 3.29. The largest absolute Gasteiger partial charge is 0.377 e. The Balaban J connectivity index is 2.16. The minimum absolute atomic E-state index is 0.0264. The third-order valence-electron chi connectivity index (χ3n) is 3.47. The number of likely N-dealkylation sites (N-methyl/N-ethyl adjacent to an activating group) is 1. The second kappa shape index (κ2) is 6.53. The van der Waals surface area contributed by atoms with Crippen LogP contribution in [-0.2, 0) is 14.8 Å². The first-order chi connectivity index (χ1) is 9.55. The highest BCUT2D eigenvalue weighted by Gasteiger charge is 2.27. The number of hydrazine groups is 1.